The minimum atomic E-state index is 0.473. The van der Waals surface area contributed by atoms with E-state index >= 15 is 0 Å². The molecule has 2 aromatic carbocycles. The summed E-state index contributed by atoms with van der Waals surface area (Å²) in [5.74, 6) is 0.994. The molecule has 0 spiro atoms. The van der Waals surface area contributed by atoms with E-state index in [9.17, 15) is 0 Å². The van der Waals surface area contributed by atoms with Gasteiger partial charge in [0.1, 0.15) is 12.4 Å². The van der Waals surface area contributed by atoms with Gasteiger partial charge in [0.2, 0.25) is 0 Å². The molecule has 29 heavy (non-hydrogen) atoms. The van der Waals surface area contributed by atoms with Crippen LogP contribution < -0.4 is 4.74 Å². The lowest BCUT2D eigenvalue weighted by molar-refractivity contribution is 0.183. The zero-order valence-electron chi connectivity index (χ0n) is 18.0. The number of benzene rings is 2. The molecule has 1 unspecified atom stereocenters. The van der Waals surface area contributed by atoms with Crippen LogP contribution in [-0.4, -0.2) is 61.8 Å². The van der Waals surface area contributed by atoms with Crippen LogP contribution in [-0.2, 0) is 12.8 Å². The fourth-order valence-electron chi connectivity index (χ4n) is 4.46. The molecule has 0 amide bonds. The summed E-state index contributed by atoms with van der Waals surface area (Å²) in [5, 5.41) is 7.00. The Balaban J connectivity index is 0.00000117. The number of hydrogen-bond donors (Lipinski definition) is 1. The molecule has 0 aliphatic carbocycles. The fraction of sp³-hybridized carbons (Fsp3) is 0.520. The summed E-state index contributed by atoms with van der Waals surface area (Å²) in [5.41, 5.74) is 4.39. The molecule has 158 valence electrons. The third-order valence-corrected chi connectivity index (χ3v) is 6.16. The van der Waals surface area contributed by atoms with Crippen LogP contribution in [0, 0.1) is 0 Å². The summed E-state index contributed by atoms with van der Waals surface area (Å²) in [6, 6.07) is 18.1. The van der Waals surface area contributed by atoms with Crippen LogP contribution in [0.25, 0.3) is 0 Å². The molecule has 2 aromatic rings. The minimum absolute atomic E-state index is 0.473. The highest BCUT2D eigenvalue weighted by atomic mass is 16.5. The van der Waals surface area contributed by atoms with E-state index in [1.165, 1.54) is 49.0 Å². The van der Waals surface area contributed by atoms with E-state index in [4.69, 9.17) is 9.84 Å². The second kappa shape index (κ2) is 11.3. The van der Waals surface area contributed by atoms with Crippen molar-refractivity contribution in [2.24, 2.45) is 0 Å². The summed E-state index contributed by atoms with van der Waals surface area (Å²) in [7, 11) is 3.25. The van der Waals surface area contributed by atoms with E-state index in [0.717, 1.165) is 45.4 Å². The van der Waals surface area contributed by atoms with Gasteiger partial charge < -0.3 is 9.84 Å². The summed E-state index contributed by atoms with van der Waals surface area (Å²) >= 11 is 0. The van der Waals surface area contributed by atoms with Crippen molar-refractivity contribution >= 4 is 0 Å². The highest BCUT2D eigenvalue weighted by Gasteiger charge is 2.24. The van der Waals surface area contributed by atoms with Crippen LogP contribution in [0.4, 0.5) is 0 Å². The molecule has 4 heteroatoms. The first-order chi connectivity index (χ1) is 14.3. The Morgan fingerprint density at radius 2 is 1.66 bits per heavy atom. The van der Waals surface area contributed by atoms with Crippen LogP contribution in [0.5, 0.6) is 5.75 Å². The third kappa shape index (κ3) is 6.05. The maximum Gasteiger partial charge on any atom is 0.119 e. The van der Waals surface area contributed by atoms with Gasteiger partial charge in [-0.05, 0) is 74.6 Å². The molecule has 1 saturated heterocycles. The zero-order valence-corrected chi connectivity index (χ0v) is 18.0. The van der Waals surface area contributed by atoms with Crippen LogP contribution in [0.1, 0.15) is 42.0 Å². The largest absolute Gasteiger partial charge is 0.492 e. The highest BCUT2D eigenvalue weighted by Crippen LogP contribution is 2.31. The van der Waals surface area contributed by atoms with E-state index in [-0.39, 0.29) is 0 Å². The quantitative estimate of drug-likeness (QED) is 0.803. The van der Waals surface area contributed by atoms with Gasteiger partial charge in [0.15, 0.2) is 0 Å². The molecule has 4 rings (SSSR count). The Bertz CT molecular complexity index is 726. The Kier molecular flexibility index (Phi) is 8.53. The number of piperidine rings is 1. The van der Waals surface area contributed by atoms with E-state index in [2.05, 4.69) is 65.4 Å². The topological polar surface area (TPSA) is 35.9 Å². The number of hydrogen-bond acceptors (Lipinski definition) is 4. The van der Waals surface area contributed by atoms with Gasteiger partial charge in [0.25, 0.3) is 0 Å². The van der Waals surface area contributed by atoms with Gasteiger partial charge in [-0.15, -0.1) is 0 Å². The molecule has 2 heterocycles. The van der Waals surface area contributed by atoms with Crippen molar-refractivity contribution in [3.8, 4) is 5.75 Å². The molecule has 1 atom stereocenters. The first-order valence-electron chi connectivity index (χ1n) is 11.0. The highest BCUT2D eigenvalue weighted by molar-refractivity contribution is 5.35. The standard InChI is InChI=1S/C24H32N2O.CH4O/c1-25-16-13-21-7-3-4-8-23(21)24(25)19-20-9-11-22(12-10-20)27-18-17-26-14-5-2-6-15-26;1-2/h3-4,7-12,24H,2,5-6,13-19H2,1H3;2H,1H3. The molecule has 0 aromatic heterocycles. The fourth-order valence-corrected chi connectivity index (χ4v) is 4.46. The predicted molar refractivity (Wildman–Crippen MR) is 120 cm³/mol. The second-order valence-electron chi connectivity index (χ2n) is 8.04. The number of likely N-dealkylation sites (N-methyl/N-ethyl adjacent to an activating group) is 1. The lowest BCUT2D eigenvalue weighted by Crippen LogP contribution is -2.33. The van der Waals surface area contributed by atoms with Gasteiger partial charge in [-0.2, -0.15) is 0 Å². The molecule has 0 radical (unpaired) electrons. The molecular weight excluding hydrogens is 360 g/mol. The van der Waals surface area contributed by atoms with Gasteiger partial charge in [0.05, 0.1) is 0 Å². The van der Waals surface area contributed by atoms with Crippen molar-refractivity contribution in [1.82, 2.24) is 9.80 Å². The lowest BCUT2D eigenvalue weighted by Gasteiger charge is -2.34. The number of rotatable bonds is 6. The van der Waals surface area contributed by atoms with Gasteiger partial charge in [0, 0.05) is 26.2 Å². The predicted octanol–water partition coefficient (Wildman–Crippen LogP) is 3.93. The first-order valence-corrected chi connectivity index (χ1v) is 11.0. The van der Waals surface area contributed by atoms with Gasteiger partial charge in [-0.25, -0.2) is 0 Å². The average molecular weight is 397 g/mol. The number of ether oxygens (including phenoxy) is 1. The number of nitrogens with zero attached hydrogens (tertiary/aromatic N) is 2. The number of aliphatic hydroxyl groups excluding tert-OH is 1. The Morgan fingerprint density at radius 3 is 2.41 bits per heavy atom. The monoisotopic (exact) mass is 396 g/mol. The molecule has 2 aliphatic rings. The van der Waals surface area contributed by atoms with Gasteiger partial charge in [-0.3, -0.25) is 9.80 Å². The minimum Gasteiger partial charge on any atom is -0.492 e. The van der Waals surface area contributed by atoms with Gasteiger partial charge >= 0.3 is 0 Å². The van der Waals surface area contributed by atoms with E-state index < -0.39 is 0 Å². The summed E-state index contributed by atoms with van der Waals surface area (Å²) in [6.07, 6.45) is 6.29. The molecule has 4 nitrogen and oxygen atoms in total. The Hall–Kier alpha value is -1.88. The normalized spacial score (nSPS) is 19.8. The number of likely N-dealkylation sites (tertiary alicyclic amines) is 1. The maximum atomic E-state index is 7.00. The van der Waals surface area contributed by atoms with Crippen molar-refractivity contribution in [3.63, 3.8) is 0 Å². The first kappa shape index (κ1) is 21.8. The number of aliphatic hydroxyl groups is 1. The van der Waals surface area contributed by atoms with Crippen LogP contribution in [0.3, 0.4) is 0 Å². The smallest absolute Gasteiger partial charge is 0.119 e. The molecule has 0 saturated carbocycles. The summed E-state index contributed by atoms with van der Waals surface area (Å²) in [4.78, 5) is 5.01. The average Bonchev–Trinajstić information content (AvgIpc) is 2.79. The van der Waals surface area contributed by atoms with Crippen molar-refractivity contribution in [1.29, 1.82) is 0 Å². The van der Waals surface area contributed by atoms with Crippen molar-refractivity contribution < 1.29 is 9.84 Å². The number of fused-ring (bicyclic) bond motifs is 1. The molecule has 1 N–H and O–H groups in total. The third-order valence-electron chi connectivity index (χ3n) is 6.16. The van der Waals surface area contributed by atoms with E-state index in [0.29, 0.717) is 6.04 Å². The van der Waals surface area contributed by atoms with Crippen LogP contribution in [0.2, 0.25) is 0 Å². The summed E-state index contributed by atoms with van der Waals surface area (Å²) < 4.78 is 5.98. The van der Waals surface area contributed by atoms with E-state index in [1.54, 1.807) is 0 Å². The molecule has 1 fully saturated rings. The molecule has 0 bridgehead atoms. The molecular formula is C25H36N2O2. The van der Waals surface area contributed by atoms with Crippen LogP contribution >= 0.6 is 0 Å². The van der Waals surface area contributed by atoms with Crippen molar-refractivity contribution in [3.05, 3.63) is 65.2 Å². The van der Waals surface area contributed by atoms with Crippen LogP contribution in [0.15, 0.2) is 48.5 Å². The summed E-state index contributed by atoms with van der Waals surface area (Å²) in [6.45, 7) is 5.44. The Morgan fingerprint density at radius 1 is 0.931 bits per heavy atom. The lowest BCUT2D eigenvalue weighted by atomic mass is 9.89. The maximum absolute atomic E-state index is 7.00. The van der Waals surface area contributed by atoms with Crippen molar-refractivity contribution in [2.45, 2.75) is 38.1 Å². The zero-order chi connectivity index (χ0) is 20.5. The molecule has 2 aliphatic heterocycles. The van der Waals surface area contributed by atoms with Gasteiger partial charge in [-0.1, -0.05) is 42.8 Å². The van der Waals surface area contributed by atoms with E-state index in [1.807, 2.05) is 0 Å². The van der Waals surface area contributed by atoms with Crippen molar-refractivity contribution in [2.75, 3.05) is 46.9 Å². The SMILES string of the molecule is CN1CCc2ccccc2C1Cc1ccc(OCCN2CCCCC2)cc1.CO. The Labute approximate surface area is 176 Å². The second-order valence-corrected chi connectivity index (χ2v) is 8.04.